The number of hydrogen-bond donors (Lipinski definition) is 0. The third kappa shape index (κ3) is 5.84. The molecule has 0 N–H and O–H groups in total. The standard InChI is InChI=1S/C22H39BO2S/c1-7-9-11-12-14-18(13-10-8-2)15-19-16-20(26-17-19)23-24-21(3,4)22(5,6)25-23/h16-18H,7-15H2,1-6H3. The van der Waals surface area contributed by atoms with Gasteiger partial charge >= 0.3 is 7.12 Å². The second-order valence-corrected chi connectivity index (χ2v) is 9.95. The van der Waals surface area contributed by atoms with Crippen molar-refractivity contribution in [1.29, 1.82) is 0 Å². The van der Waals surface area contributed by atoms with Gasteiger partial charge in [-0.25, -0.2) is 0 Å². The summed E-state index contributed by atoms with van der Waals surface area (Å²) in [6.07, 6.45) is 12.1. The van der Waals surface area contributed by atoms with Crippen molar-refractivity contribution in [2.24, 2.45) is 5.92 Å². The summed E-state index contributed by atoms with van der Waals surface area (Å²) in [5, 5.41) is 2.32. The summed E-state index contributed by atoms with van der Waals surface area (Å²) < 4.78 is 13.6. The van der Waals surface area contributed by atoms with Gasteiger partial charge in [0.2, 0.25) is 0 Å². The predicted molar refractivity (Wildman–Crippen MR) is 116 cm³/mol. The highest BCUT2D eigenvalue weighted by Gasteiger charge is 2.52. The lowest BCUT2D eigenvalue weighted by Gasteiger charge is -2.32. The number of rotatable bonds is 11. The van der Waals surface area contributed by atoms with Crippen molar-refractivity contribution in [3.8, 4) is 0 Å². The lowest BCUT2D eigenvalue weighted by molar-refractivity contribution is 0.00578. The Morgan fingerprint density at radius 2 is 1.54 bits per heavy atom. The molecule has 0 aliphatic carbocycles. The smallest absolute Gasteiger partial charge is 0.399 e. The molecule has 1 saturated heterocycles. The van der Waals surface area contributed by atoms with Crippen LogP contribution in [0.15, 0.2) is 11.4 Å². The van der Waals surface area contributed by atoms with Crippen LogP contribution in [-0.4, -0.2) is 18.3 Å². The van der Waals surface area contributed by atoms with Gasteiger partial charge in [0.05, 0.1) is 11.2 Å². The lowest BCUT2D eigenvalue weighted by atomic mass is 9.85. The topological polar surface area (TPSA) is 18.5 Å². The van der Waals surface area contributed by atoms with Gasteiger partial charge in [-0.15, -0.1) is 0 Å². The van der Waals surface area contributed by atoms with E-state index in [1.807, 2.05) is 0 Å². The second-order valence-electron chi connectivity index (χ2n) is 9.01. The minimum absolute atomic E-state index is 0.211. The molecule has 0 saturated carbocycles. The Morgan fingerprint density at radius 3 is 2.15 bits per heavy atom. The zero-order chi connectivity index (χ0) is 19.2. The number of thiophene rings is 1. The van der Waals surface area contributed by atoms with E-state index < -0.39 is 0 Å². The van der Waals surface area contributed by atoms with Gasteiger partial charge in [-0.1, -0.05) is 65.2 Å². The molecule has 4 heteroatoms. The van der Waals surface area contributed by atoms with Gasteiger partial charge in [-0.3, -0.25) is 0 Å². The van der Waals surface area contributed by atoms with Crippen molar-refractivity contribution in [3.63, 3.8) is 0 Å². The second kappa shape index (κ2) is 9.75. The third-order valence-electron chi connectivity index (χ3n) is 6.12. The fourth-order valence-corrected chi connectivity index (χ4v) is 4.50. The van der Waals surface area contributed by atoms with Gasteiger partial charge in [0.15, 0.2) is 0 Å². The lowest BCUT2D eigenvalue weighted by Crippen LogP contribution is -2.41. The van der Waals surface area contributed by atoms with E-state index in [4.69, 9.17) is 9.31 Å². The first-order valence-corrected chi connectivity index (χ1v) is 11.6. The zero-order valence-corrected chi connectivity index (χ0v) is 18.7. The Hall–Kier alpha value is -0.315. The van der Waals surface area contributed by atoms with Crippen LogP contribution in [0.2, 0.25) is 0 Å². The first kappa shape index (κ1) is 22.0. The molecule has 1 aromatic rings. The molecule has 1 aliphatic rings. The van der Waals surface area contributed by atoms with Crippen molar-refractivity contribution in [2.45, 2.75) is 111 Å². The summed E-state index contributed by atoms with van der Waals surface area (Å²) in [7, 11) is -0.211. The number of unbranched alkanes of at least 4 members (excludes halogenated alkanes) is 4. The monoisotopic (exact) mass is 378 g/mol. The van der Waals surface area contributed by atoms with Crippen LogP contribution in [0.25, 0.3) is 0 Å². The maximum atomic E-state index is 6.21. The van der Waals surface area contributed by atoms with E-state index in [2.05, 4.69) is 53.0 Å². The van der Waals surface area contributed by atoms with E-state index in [9.17, 15) is 0 Å². The average molecular weight is 378 g/mol. The molecule has 0 amide bonds. The molecule has 0 radical (unpaired) electrons. The van der Waals surface area contributed by atoms with Gasteiger partial charge in [-0.2, -0.15) is 11.3 Å². The van der Waals surface area contributed by atoms with Crippen LogP contribution in [0.3, 0.4) is 0 Å². The molecule has 148 valence electrons. The van der Waals surface area contributed by atoms with Crippen LogP contribution in [0.1, 0.15) is 98.5 Å². The van der Waals surface area contributed by atoms with Gasteiger partial charge in [-0.05, 0) is 57.0 Å². The van der Waals surface area contributed by atoms with Crippen molar-refractivity contribution >= 4 is 23.2 Å². The van der Waals surface area contributed by atoms with Crippen LogP contribution >= 0.6 is 11.3 Å². The predicted octanol–water partition coefficient (Wildman–Crippen LogP) is 6.37. The maximum absolute atomic E-state index is 6.21. The normalized spacial score (nSPS) is 19.8. The van der Waals surface area contributed by atoms with Gasteiger partial charge in [0.1, 0.15) is 0 Å². The van der Waals surface area contributed by atoms with E-state index in [-0.39, 0.29) is 18.3 Å². The largest absolute Gasteiger partial charge is 0.505 e. The molecular formula is C22H39BO2S. The van der Waals surface area contributed by atoms with E-state index in [1.165, 1.54) is 68.1 Å². The van der Waals surface area contributed by atoms with Crippen LogP contribution in [-0.2, 0) is 15.7 Å². The summed E-state index contributed by atoms with van der Waals surface area (Å²) in [4.78, 5) is 0. The molecule has 1 unspecified atom stereocenters. The van der Waals surface area contributed by atoms with Crippen molar-refractivity contribution in [3.05, 3.63) is 17.0 Å². The highest BCUT2D eigenvalue weighted by atomic mass is 32.1. The quantitative estimate of drug-likeness (QED) is 0.329. The van der Waals surface area contributed by atoms with Gasteiger partial charge in [0.25, 0.3) is 0 Å². The summed E-state index contributed by atoms with van der Waals surface area (Å²) >= 11 is 1.80. The first-order valence-electron chi connectivity index (χ1n) is 10.7. The van der Waals surface area contributed by atoms with Gasteiger partial charge in [0, 0.05) is 4.78 Å². The Labute approximate surface area is 166 Å². The van der Waals surface area contributed by atoms with E-state index >= 15 is 0 Å². The fourth-order valence-electron chi connectivity index (χ4n) is 3.62. The molecule has 26 heavy (non-hydrogen) atoms. The highest BCUT2D eigenvalue weighted by molar-refractivity contribution is 7.20. The molecule has 1 aromatic heterocycles. The molecule has 1 aliphatic heterocycles. The summed E-state index contributed by atoms with van der Waals surface area (Å²) in [5.74, 6) is 0.826. The van der Waals surface area contributed by atoms with Crippen LogP contribution in [0.5, 0.6) is 0 Å². The third-order valence-corrected chi connectivity index (χ3v) is 7.12. The first-order chi connectivity index (χ1) is 12.3. The molecule has 2 heterocycles. The Kier molecular flexibility index (Phi) is 8.24. The minimum atomic E-state index is -0.259. The average Bonchev–Trinajstić information content (AvgIpc) is 3.11. The van der Waals surface area contributed by atoms with Crippen molar-refractivity contribution < 1.29 is 9.31 Å². The Bertz CT molecular complexity index is 522. The zero-order valence-electron chi connectivity index (χ0n) is 17.9. The molecule has 0 bridgehead atoms. The Balaban J connectivity index is 1.94. The van der Waals surface area contributed by atoms with Gasteiger partial charge < -0.3 is 9.31 Å². The molecule has 1 atom stereocenters. The molecule has 2 nitrogen and oxygen atoms in total. The molecule has 1 fully saturated rings. The van der Waals surface area contributed by atoms with Crippen LogP contribution < -0.4 is 4.78 Å². The molecular weight excluding hydrogens is 339 g/mol. The van der Waals surface area contributed by atoms with E-state index in [1.54, 1.807) is 11.3 Å². The van der Waals surface area contributed by atoms with E-state index in [0.29, 0.717) is 0 Å². The van der Waals surface area contributed by atoms with Crippen LogP contribution in [0, 0.1) is 5.92 Å². The summed E-state index contributed by atoms with van der Waals surface area (Å²) in [6, 6.07) is 2.33. The Morgan fingerprint density at radius 1 is 0.923 bits per heavy atom. The molecule has 2 rings (SSSR count). The number of hydrogen-bond acceptors (Lipinski definition) is 3. The molecule has 0 aromatic carbocycles. The van der Waals surface area contributed by atoms with Crippen molar-refractivity contribution in [1.82, 2.24) is 0 Å². The summed E-state index contributed by atoms with van der Waals surface area (Å²) in [5.41, 5.74) is 0.950. The fraction of sp³-hybridized carbons (Fsp3) is 0.818. The highest BCUT2D eigenvalue weighted by Crippen LogP contribution is 2.37. The maximum Gasteiger partial charge on any atom is 0.505 e. The summed E-state index contributed by atoms with van der Waals surface area (Å²) in [6.45, 7) is 13.1. The minimum Gasteiger partial charge on any atom is -0.399 e. The van der Waals surface area contributed by atoms with Crippen LogP contribution in [0.4, 0.5) is 0 Å². The van der Waals surface area contributed by atoms with E-state index in [0.717, 1.165) is 5.92 Å². The SMILES string of the molecule is CCCCCCC(CCCC)Cc1csc(B2OC(C)(C)C(C)(C)O2)c1. The molecule has 0 spiro atoms. The van der Waals surface area contributed by atoms with Crippen molar-refractivity contribution in [2.75, 3.05) is 0 Å².